The molecule has 0 aromatic heterocycles. The fourth-order valence-electron chi connectivity index (χ4n) is 1.92. The normalized spacial score (nSPS) is 21.4. The van der Waals surface area contributed by atoms with Gasteiger partial charge in [-0.25, -0.2) is 0 Å². The molecule has 1 aliphatic heterocycles. The first-order valence-electron chi connectivity index (χ1n) is 6.53. The van der Waals surface area contributed by atoms with E-state index in [0.29, 0.717) is 6.61 Å². The highest BCUT2D eigenvalue weighted by Gasteiger charge is 2.35. The molecule has 5 heteroatoms. The highest BCUT2D eigenvalue weighted by atomic mass is 32.2. The molecular weight excluding hydrogens is 240 g/mol. The van der Waals surface area contributed by atoms with Crippen molar-refractivity contribution in [1.82, 2.24) is 0 Å². The highest BCUT2D eigenvalue weighted by Crippen LogP contribution is 2.23. The Labute approximate surface area is 105 Å². The SMILES string of the molecule is CCCCCCCC[C@H](OS(C)(=O)=O)[C@@H]1CO1. The maximum Gasteiger partial charge on any atom is 0.264 e. The fourth-order valence-corrected chi connectivity index (χ4v) is 2.59. The first-order valence-corrected chi connectivity index (χ1v) is 8.34. The maximum absolute atomic E-state index is 11.1. The molecule has 0 aromatic rings. The Kier molecular flexibility index (Phi) is 6.44. The van der Waals surface area contributed by atoms with Crippen LogP contribution in [0.2, 0.25) is 0 Å². The lowest BCUT2D eigenvalue weighted by atomic mass is 10.1. The molecule has 17 heavy (non-hydrogen) atoms. The molecular formula is C12H24O4S. The van der Waals surface area contributed by atoms with E-state index in [1.807, 2.05) is 0 Å². The summed E-state index contributed by atoms with van der Waals surface area (Å²) in [6, 6.07) is 0. The van der Waals surface area contributed by atoms with Crippen LogP contribution in [0.25, 0.3) is 0 Å². The quantitative estimate of drug-likeness (QED) is 0.345. The number of unbranched alkanes of at least 4 members (excludes halogenated alkanes) is 5. The van der Waals surface area contributed by atoms with Crippen molar-refractivity contribution in [3.8, 4) is 0 Å². The van der Waals surface area contributed by atoms with Gasteiger partial charge in [-0.1, -0.05) is 45.4 Å². The van der Waals surface area contributed by atoms with Crippen molar-refractivity contribution < 1.29 is 17.3 Å². The van der Waals surface area contributed by atoms with Gasteiger partial charge in [0.15, 0.2) is 0 Å². The molecule has 1 heterocycles. The summed E-state index contributed by atoms with van der Waals surface area (Å²) in [6.45, 7) is 2.83. The van der Waals surface area contributed by atoms with Gasteiger partial charge in [0.2, 0.25) is 0 Å². The van der Waals surface area contributed by atoms with Gasteiger partial charge in [0, 0.05) is 0 Å². The van der Waals surface area contributed by atoms with Crippen LogP contribution in [0.1, 0.15) is 51.9 Å². The molecule has 2 atom stereocenters. The molecule has 1 aliphatic rings. The monoisotopic (exact) mass is 264 g/mol. The van der Waals surface area contributed by atoms with Crippen LogP contribution in [0, 0.1) is 0 Å². The van der Waals surface area contributed by atoms with Crippen LogP contribution in [0.4, 0.5) is 0 Å². The summed E-state index contributed by atoms with van der Waals surface area (Å²) in [6.07, 6.45) is 8.81. The van der Waals surface area contributed by atoms with Gasteiger partial charge in [-0.05, 0) is 6.42 Å². The Hall–Kier alpha value is -0.130. The smallest absolute Gasteiger partial charge is 0.264 e. The van der Waals surface area contributed by atoms with Crippen molar-refractivity contribution in [2.75, 3.05) is 12.9 Å². The number of hydrogen-bond acceptors (Lipinski definition) is 4. The summed E-state index contributed by atoms with van der Waals surface area (Å²) in [5.74, 6) is 0. The zero-order valence-corrected chi connectivity index (χ0v) is 11.7. The van der Waals surface area contributed by atoms with Gasteiger partial charge in [-0.3, -0.25) is 4.18 Å². The van der Waals surface area contributed by atoms with Gasteiger partial charge in [0.1, 0.15) is 12.2 Å². The van der Waals surface area contributed by atoms with E-state index < -0.39 is 10.1 Å². The first kappa shape index (κ1) is 14.9. The highest BCUT2D eigenvalue weighted by molar-refractivity contribution is 7.86. The zero-order valence-electron chi connectivity index (χ0n) is 10.9. The molecule has 1 fully saturated rings. The lowest BCUT2D eigenvalue weighted by Crippen LogP contribution is -2.23. The lowest BCUT2D eigenvalue weighted by molar-refractivity contribution is 0.155. The van der Waals surface area contributed by atoms with E-state index >= 15 is 0 Å². The van der Waals surface area contributed by atoms with Crippen LogP contribution >= 0.6 is 0 Å². The number of ether oxygens (including phenoxy) is 1. The van der Waals surface area contributed by atoms with Crippen molar-refractivity contribution in [2.45, 2.75) is 64.1 Å². The molecule has 0 amide bonds. The predicted octanol–water partition coefficient (Wildman–Crippen LogP) is 2.48. The van der Waals surface area contributed by atoms with Crippen LogP contribution in [-0.2, 0) is 19.0 Å². The molecule has 0 N–H and O–H groups in total. The largest absolute Gasteiger partial charge is 0.370 e. The van der Waals surface area contributed by atoms with E-state index in [4.69, 9.17) is 8.92 Å². The minimum atomic E-state index is -3.36. The Bertz CT molecular complexity index is 296. The van der Waals surface area contributed by atoms with E-state index in [1.54, 1.807) is 0 Å². The van der Waals surface area contributed by atoms with E-state index in [1.165, 1.54) is 25.7 Å². The average Bonchev–Trinajstić information content (AvgIpc) is 3.03. The third-order valence-corrected chi connectivity index (χ3v) is 3.51. The predicted molar refractivity (Wildman–Crippen MR) is 67.4 cm³/mol. The maximum atomic E-state index is 11.1. The Morgan fingerprint density at radius 3 is 2.35 bits per heavy atom. The van der Waals surface area contributed by atoms with E-state index in [0.717, 1.165) is 25.5 Å². The van der Waals surface area contributed by atoms with Crippen molar-refractivity contribution in [1.29, 1.82) is 0 Å². The molecule has 102 valence electrons. The minimum absolute atomic E-state index is 0.000340. The Morgan fingerprint density at radius 2 is 1.82 bits per heavy atom. The summed E-state index contributed by atoms with van der Waals surface area (Å²) < 4.78 is 32.3. The van der Waals surface area contributed by atoms with E-state index in [2.05, 4.69) is 6.92 Å². The molecule has 0 spiro atoms. The first-order chi connectivity index (χ1) is 8.03. The molecule has 0 bridgehead atoms. The standard InChI is InChI=1S/C12H24O4S/c1-3-4-5-6-7-8-9-11(12-10-15-12)16-17(2,13)14/h11-12H,3-10H2,1-2H3/t11-,12-/m0/s1. The number of rotatable bonds is 10. The molecule has 0 unspecified atom stereocenters. The van der Waals surface area contributed by atoms with E-state index in [-0.39, 0.29) is 12.2 Å². The molecule has 0 aromatic carbocycles. The van der Waals surface area contributed by atoms with Crippen LogP contribution < -0.4 is 0 Å². The van der Waals surface area contributed by atoms with Crippen LogP contribution in [0.5, 0.6) is 0 Å². The van der Waals surface area contributed by atoms with Gasteiger partial charge in [-0.15, -0.1) is 0 Å². The Balaban J connectivity index is 2.13. The molecule has 1 rings (SSSR count). The summed E-state index contributed by atoms with van der Waals surface area (Å²) in [4.78, 5) is 0. The van der Waals surface area contributed by atoms with Crippen molar-refractivity contribution in [3.05, 3.63) is 0 Å². The molecule has 4 nitrogen and oxygen atoms in total. The van der Waals surface area contributed by atoms with Gasteiger partial charge >= 0.3 is 0 Å². The second-order valence-corrected chi connectivity index (χ2v) is 6.37. The zero-order chi connectivity index (χ0) is 12.7. The van der Waals surface area contributed by atoms with Crippen molar-refractivity contribution in [3.63, 3.8) is 0 Å². The Morgan fingerprint density at radius 1 is 1.24 bits per heavy atom. The fraction of sp³-hybridized carbons (Fsp3) is 1.00. The average molecular weight is 264 g/mol. The van der Waals surface area contributed by atoms with Gasteiger partial charge in [0.05, 0.1) is 12.9 Å². The van der Waals surface area contributed by atoms with Crippen molar-refractivity contribution >= 4 is 10.1 Å². The van der Waals surface area contributed by atoms with Crippen LogP contribution in [0.3, 0.4) is 0 Å². The van der Waals surface area contributed by atoms with Crippen LogP contribution in [-0.4, -0.2) is 33.5 Å². The van der Waals surface area contributed by atoms with Gasteiger partial charge < -0.3 is 4.74 Å². The summed E-state index contributed by atoms with van der Waals surface area (Å²) in [7, 11) is -3.36. The third kappa shape index (κ3) is 7.73. The number of hydrogen-bond donors (Lipinski definition) is 0. The van der Waals surface area contributed by atoms with Crippen molar-refractivity contribution in [2.24, 2.45) is 0 Å². The van der Waals surface area contributed by atoms with Crippen LogP contribution in [0.15, 0.2) is 0 Å². The summed E-state index contributed by atoms with van der Waals surface area (Å²) in [5, 5.41) is 0. The third-order valence-electron chi connectivity index (χ3n) is 2.91. The topological polar surface area (TPSA) is 55.9 Å². The molecule has 1 saturated heterocycles. The molecule has 0 saturated carbocycles. The van der Waals surface area contributed by atoms with Gasteiger partial charge in [0.25, 0.3) is 10.1 Å². The molecule has 0 aliphatic carbocycles. The summed E-state index contributed by atoms with van der Waals surface area (Å²) in [5.41, 5.74) is 0. The van der Waals surface area contributed by atoms with E-state index in [9.17, 15) is 8.42 Å². The summed E-state index contributed by atoms with van der Waals surface area (Å²) >= 11 is 0. The van der Waals surface area contributed by atoms with Gasteiger partial charge in [-0.2, -0.15) is 8.42 Å². The second kappa shape index (κ2) is 7.34. The lowest BCUT2D eigenvalue weighted by Gasteiger charge is -2.13. The minimum Gasteiger partial charge on any atom is -0.370 e. The number of epoxide rings is 1. The second-order valence-electron chi connectivity index (χ2n) is 4.77. The molecule has 0 radical (unpaired) electrons.